The molecule has 2 heterocycles. The van der Waals surface area contributed by atoms with E-state index < -0.39 is 0 Å². The molecule has 1 aromatic rings. The Morgan fingerprint density at radius 2 is 1.80 bits per heavy atom. The zero-order chi connectivity index (χ0) is 13.9. The predicted octanol–water partition coefficient (Wildman–Crippen LogP) is 2.55. The van der Waals surface area contributed by atoms with Gasteiger partial charge in [-0.3, -0.25) is 4.90 Å². The maximum atomic E-state index is 5.92. The zero-order valence-corrected chi connectivity index (χ0v) is 12.6. The predicted molar refractivity (Wildman–Crippen MR) is 81.6 cm³/mol. The highest BCUT2D eigenvalue weighted by Crippen LogP contribution is 2.27. The minimum atomic E-state index is 0.481. The van der Waals surface area contributed by atoms with Crippen LogP contribution in [0.3, 0.4) is 0 Å². The molecule has 3 heteroatoms. The molecule has 0 aromatic heterocycles. The molecule has 2 fully saturated rings. The van der Waals surface area contributed by atoms with Crippen molar-refractivity contribution in [3.8, 4) is 0 Å². The van der Waals surface area contributed by atoms with Crippen molar-refractivity contribution >= 4 is 0 Å². The van der Waals surface area contributed by atoms with Crippen LogP contribution in [0.4, 0.5) is 0 Å². The van der Waals surface area contributed by atoms with Crippen molar-refractivity contribution in [2.45, 2.75) is 58.0 Å². The van der Waals surface area contributed by atoms with Gasteiger partial charge in [0.2, 0.25) is 0 Å². The number of nitrogens with zero attached hydrogens (tertiary/aromatic N) is 1. The number of nitrogens with one attached hydrogen (secondary N) is 1. The number of ether oxygens (including phenoxy) is 1. The van der Waals surface area contributed by atoms with E-state index in [2.05, 4.69) is 48.3 Å². The zero-order valence-electron chi connectivity index (χ0n) is 12.6. The van der Waals surface area contributed by atoms with Crippen molar-refractivity contribution in [1.82, 2.24) is 10.2 Å². The van der Waals surface area contributed by atoms with Gasteiger partial charge in [0, 0.05) is 32.2 Å². The number of rotatable bonds is 5. The average molecular weight is 274 g/mol. The van der Waals surface area contributed by atoms with Crippen LogP contribution in [0.25, 0.3) is 0 Å². The Morgan fingerprint density at radius 3 is 2.45 bits per heavy atom. The third-order valence-electron chi connectivity index (χ3n) is 4.33. The Labute approximate surface area is 122 Å². The summed E-state index contributed by atoms with van der Waals surface area (Å²) in [6.45, 7) is 8.62. The highest BCUT2D eigenvalue weighted by atomic mass is 16.5. The largest absolute Gasteiger partial charge is 0.372 e. The molecule has 20 heavy (non-hydrogen) atoms. The second-order valence-electron chi connectivity index (χ2n) is 6.46. The fourth-order valence-corrected chi connectivity index (χ4v) is 3.27. The Hall–Kier alpha value is -0.900. The number of hydrogen-bond donors (Lipinski definition) is 1. The lowest BCUT2D eigenvalue weighted by Crippen LogP contribution is -2.42. The molecule has 0 aliphatic carbocycles. The normalized spacial score (nSPS) is 26.4. The van der Waals surface area contributed by atoms with E-state index in [0.29, 0.717) is 18.2 Å². The SMILES string of the molecule is CC(C)NCc1ccccc1CN1CC2CCC(C1)O2. The first-order valence-electron chi connectivity index (χ1n) is 7.88. The first-order valence-corrected chi connectivity index (χ1v) is 7.88. The Kier molecular flexibility index (Phi) is 4.39. The lowest BCUT2D eigenvalue weighted by Gasteiger charge is -2.32. The molecule has 2 bridgehead atoms. The van der Waals surface area contributed by atoms with Gasteiger partial charge in [0.25, 0.3) is 0 Å². The Bertz CT molecular complexity index is 434. The number of morpholine rings is 1. The van der Waals surface area contributed by atoms with Gasteiger partial charge in [-0.1, -0.05) is 38.1 Å². The van der Waals surface area contributed by atoms with Crippen LogP contribution in [-0.2, 0) is 17.8 Å². The van der Waals surface area contributed by atoms with E-state index >= 15 is 0 Å². The van der Waals surface area contributed by atoms with E-state index in [1.54, 1.807) is 0 Å². The molecular formula is C17H26N2O. The van der Waals surface area contributed by atoms with E-state index in [1.807, 2.05) is 0 Å². The summed E-state index contributed by atoms with van der Waals surface area (Å²) < 4.78 is 5.92. The van der Waals surface area contributed by atoms with Gasteiger partial charge in [0.1, 0.15) is 0 Å². The number of hydrogen-bond acceptors (Lipinski definition) is 3. The van der Waals surface area contributed by atoms with Gasteiger partial charge in [-0.2, -0.15) is 0 Å². The quantitative estimate of drug-likeness (QED) is 0.893. The highest BCUT2D eigenvalue weighted by Gasteiger charge is 2.33. The Morgan fingerprint density at radius 1 is 1.15 bits per heavy atom. The first kappa shape index (κ1) is 14.1. The smallest absolute Gasteiger partial charge is 0.0707 e. The van der Waals surface area contributed by atoms with Crippen LogP contribution in [-0.4, -0.2) is 36.2 Å². The van der Waals surface area contributed by atoms with Crippen molar-refractivity contribution < 1.29 is 4.74 Å². The molecule has 3 rings (SSSR count). The van der Waals surface area contributed by atoms with Crippen LogP contribution >= 0.6 is 0 Å². The molecule has 0 saturated carbocycles. The van der Waals surface area contributed by atoms with Crippen LogP contribution in [0, 0.1) is 0 Å². The van der Waals surface area contributed by atoms with Crippen LogP contribution in [0.5, 0.6) is 0 Å². The second kappa shape index (κ2) is 6.25. The van der Waals surface area contributed by atoms with Crippen LogP contribution in [0.1, 0.15) is 37.8 Å². The van der Waals surface area contributed by atoms with Crippen LogP contribution < -0.4 is 5.32 Å². The summed E-state index contributed by atoms with van der Waals surface area (Å²) in [5, 5.41) is 3.53. The summed E-state index contributed by atoms with van der Waals surface area (Å²) in [5.41, 5.74) is 2.89. The molecule has 0 amide bonds. The topological polar surface area (TPSA) is 24.5 Å². The van der Waals surface area contributed by atoms with Gasteiger partial charge in [0.15, 0.2) is 0 Å². The number of likely N-dealkylation sites (tertiary alicyclic amines) is 1. The molecule has 2 unspecified atom stereocenters. The molecular weight excluding hydrogens is 248 g/mol. The van der Waals surface area contributed by atoms with E-state index in [0.717, 1.165) is 26.2 Å². The minimum absolute atomic E-state index is 0.481. The van der Waals surface area contributed by atoms with E-state index in [-0.39, 0.29) is 0 Å². The molecule has 1 aromatic carbocycles. The lowest BCUT2D eigenvalue weighted by atomic mass is 10.1. The van der Waals surface area contributed by atoms with E-state index in [4.69, 9.17) is 4.74 Å². The lowest BCUT2D eigenvalue weighted by molar-refractivity contribution is -0.0411. The average Bonchev–Trinajstić information content (AvgIpc) is 2.77. The molecule has 0 radical (unpaired) electrons. The van der Waals surface area contributed by atoms with Crippen LogP contribution in [0.2, 0.25) is 0 Å². The second-order valence-corrected chi connectivity index (χ2v) is 6.46. The summed E-state index contributed by atoms with van der Waals surface area (Å²) in [6, 6.07) is 9.35. The third-order valence-corrected chi connectivity index (χ3v) is 4.33. The summed E-state index contributed by atoms with van der Waals surface area (Å²) in [7, 11) is 0. The van der Waals surface area contributed by atoms with Crippen LogP contribution in [0.15, 0.2) is 24.3 Å². The maximum Gasteiger partial charge on any atom is 0.0707 e. The minimum Gasteiger partial charge on any atom is -0.372 e. The van der Waals surface area contributed by atoms with Gasteiger partial charge in [-0.05, 0) is 24.0 Å². The monoisotopic (exact) mass is 274 g/mol. The molecule has 3 nitrogen and oxygen atoms in total. The summed E-state index contributed by atoms with van der Waals surface area (Å²) in [4.78, 5) is 2.57. The van der Waals surface area contributed by atoms with Crippen molar-refractivity contribution in [3.05, 3.63) is 35.4 Å². The number of benzene rings is 1. The van der Waals surface area contributed by atoms with Gasteiger partial charge < -0.3 is 10.1 Å². The van der Waals surface area contributed by atoms with Crippen molar-refractivity contribution in [2.75, 3.05) is 13.1 Å². The Balaban J connectivity index is 1.64. The molecule has 110 valence electrons. The van der Waals surface area contributed by atoms with Crippen molar-refractivity contribution in [1.29, 1.82) is 0 Å². The van der Waals surface area contributed by atoms with Crippen molar-refractivity contribution in [2.24, 2.45) is 0 Å². The van der Waals surface area contributed by atoms with Gasteiger partial charge >= 0.3 is 0 Å². The molecule has 2 aliphatic heterocycles. The molecule has 1 N–H and O–H groups in total. The molecule has 2 saturated heterocycles. The molecule has 0 spiro atoms. The fourth-order valence-electron chi connectivity index (χ4n) is 3.27. The van der Waals surface area contributed by atoms with Gasteiger partial charge in [0.05, 0.1) is 12.2 Å². The number of fused-ring (bicyclic) bond motifs is 2. The molecule has 2 aliphatic rings. The van der Waals surface area contributed by atoms with E-state index in [9.17, 15) is 0 Å². The van der Waals surface area contributed by atoms with Gasteiger partial charge in [-0.25, -0.2) is 0 Å². The highest BCUT2D eigenvalue weighted by molar-refractivity contribution is 5.27. The standard InChI is InChI=1S/C17H26N2O/c1-13(2)18-9-14-5-3-4-6-15(14)10-19-11-16-7-8-17(12-19)20-16/h3-6,13,16-18H,7-12H2,1-2H3. The van der Waals surface area contributed by atoms with E-state index in [1.165, 1.54) is 24.0 Å². The first-order chi connectivity index (χ1) is 9.70. The van der Waals surface area contributed by atoms with Gasteiger partial charge in [-0.15, -0.1) is 0 Å². The molecule has 2 atom stereocenters. The fraction of sp³-hybridized carbons (Fsp3) is 0.647. The maximum absolute atomic E-state index is 5.92. The van der Waals surface area contributed by atoms with Crippen molar-refractivity contribution in [3.63, 3.8) is 0 Å². The summed E-state index contributed by atoms with van der Waals surface area (Å²) in [6.07, 6.45) is 3.46. The summed E-state index contributed by atoms with van der Waals surface area (Å²) in [5.74, 6) is 0. The third kappa shape index (κ3) is 3.40. The summed E-state index contributed by atoms with van der Waals surface area (Å²) >= 11 is 0.